The van der Waals surface area contributed by atoms with Crippen molar-refractivity contribution in [2.24, 2.45) is 17.8 Å². The van der Waals surface area contributed by atoms with Crippen LogP contribution in [0.15, 0.2) is 11.6 Å². The first-order valence-corrected chi connectivity index (χ1v) is 27.3. The predicted octanol–water partition coefficient (Wildman–Crippen LogP) is 3.47. The molecular weight excluding hydrogens is 1000 g/mol. The Morgan fingerprint density at radius 2 is 1.60 bits per heavy atom. The number of allylic oxidation sites excluding steroid dienone is 2. The number of ether oxygens (including phenoxy) is 10. The summed E-state index contributed by atoms with van der Waals surface area (Å²) in [6.07, 6.45) is -8.27. The van der Waals surface area contributed by atoms with E-state index in [9.17, 15) is 45.0 Å². The molecule has 18 atom stereocenters. The highest BCUT2D eigenvalue weighted by Crippen LogP contribution is 2.44. The molecule has 438 valence electrons. The lowest BCUT2D eigenvalue weighted by atomic mass is 9.77. The molecule has 0 bridgehead atoms. The summed E-state index contributed by atoms with van der Waals surface area (Å²) in [5.74, 6) is -4.25. The molecule has 77 heavy (non-hydrogen) atoms. The van der Waals surface area contributed by atoms with Gasteiger partial charge in [0.25, 0.3) is 0 Å². The van der Waals surface area contributed by atoms with E-state index in [0.29, 0.717) is 61.7 Å². The van der Waals surface area contributed by atoms with Crippen LogP contribution >= 0.6 is 0 Å². The zero-order valence-corrected chi connectivity index (χ0v) is 47.8. The number of phenolic OH excluding ortho intramolecular Hbond substituents is 1. The van der Waals surface area contributed by atoms with Gasteiger partial charge in [0.2, 0.25) is 0 Å². The minimum Gasteiger partial charge on any atom is -0.507 e. The quantitative estimate of drug-likeness (QED) is 0.0884. The Hall–Kier alpha value is -3.55. The van der Waals surface area contributed by atoms with Crippen LogP contribution in [0.4, 0.5) is 0 Å². The van der Waals surface area contributed by atoms with Gasteiger partial charge in [-0.2, -0.15) is 0 Å². The van der Waals surface area contributed by atoms with E-state index in [-0.39, 0.29) is 55.9 Å². The van der Waals surface area contributed by atoms with Gasteiger partial charge in [-0.25, -0.2) is 4.79 Å². The van der Waals surface area contributed by atoms with Gasteiger partial charge < -0.3 is 82.9 Å². The van der Waals surface area contributed by atoms with Crippen LogP contribution in [-0.2, 0) is 65.2 Å². The molecule has 5 aliphatic heterocycles. The zero-order valence-electron chi connectivity index (χ0n) is 47.8. The third-order valence-electron chi connectivity index (χ3n) is 17.1. The SMILES string of the molecule is COc1c(C)c2c(c(O)c1C/C=C(\C)CCC(=O)O[C@H]1[C@H](O[C@@H]3[C@@H](C)[C@H](O[C@H]4C[C@@](C)(OC)[C@@H](O)[C@H](C)O4)[C@@H](C)C(=O)O[C@H](CO)[C@@](C)(O)[C@H](O)[C@@H](C)N(C)C[C@H](C)C[C@@]3(C)O)O[C@H](C)C[C@@H]1N1CCOCC1)C(=O)OC2. The number of aliphatic hydroxyl groups is 5. The fourth-order valence-corrected chi connectivity index (χ4v) is 12.3. The van der Waals surface area contributed by atoms with Crippen LogP contribution in [-0.4, -0.2) is 209 Å². The van der Waals surface area contributed by atoms with Crippen molar-refractivity contribution in [2.45, 2.75) is 212 Å². The van der Waals surface area contributed by atoms with E-state index >= 15 is 0 Å². The van der Waals surface area contributed by atoms with Crippen LogP contribution in [0.3, 0.4) is 0 Å². The van der Waals surface area contributed by atoms with Gasteiger partial charge in [-0.05, 0) is 107 Å². The standard InChI is InChI=1S/C56H90N2O19/c1-29(15-17-37-44(61)43-38(28-71-52(43)65)32(4)46(37)68-13)16-18-41(60)75-47-39(58-19-21-70-22-20-58)23-31(3)72-53(47)77-50-33(5)45(76-42-25-55(10,69-14)49(63)36(8)73-42)34(6)51(64)74-40(27-59)56(11,67)48(62)35(7)57(12)26-30(2)24-54(50,9)66/h15,30-31,33-36,39-40,42,45,47-50,53,59,61-63,66-67H,16-28H2,1-14H3/b29-15+/t30-,31-,33+,34-,35-,36+,39+,40-,42+,45+,47-,48-,49+,50-,53+,54-,55-,56-/m1/s1. The number of methoxy groups -OCH3 is 2. The Balaban J connectivity index is 1.36. The van der Waals surface area contributed by atoms with Crippen molar-refractivity contribution in [3.63, 3.8) is 0 Å². The molecule has 6 rings (SSSR count). The number of aromatic hydroxyl groups is 1. The van der Waals surface area contributed by atoms with Crippen LogP contribution in [0.25, 0.3) is 0 Å². The molecule has 5 aliphatic rings. The molecule has 5 heterocycles. The highest BCUT2D eigenvalue weighted by atomic mass is 16.7. The number of fused-ring (bicyclic) bond motifs is 1. The molecule has 6 N–H and O–H groups in total. The molecule has 0 spiro atoms. The van der Waals surface area contributed by atoms with Crippen molar-refractivity contribution >= 4 is 17.9 Å². The summed E-state index contributed by atoms with van der Waals surface area (Å²) in [5, 5.41) is 69.6. The van der Waals surface area contributed by atoms with Gasteiger partial charge in [-0.15, -0.1) is 0 Å². The molecular formula is C56H90N2O19. The third-order valence-corrected chi connectivity index (χ3v) is 17.1. The molecule has 0 saturated carbocycles. The van der Waals surface area contributed by atoms with E-state index in [1.54, 1.807) is 48.6 Å². The maximum absolute atomic E-state index is 14.6. The minimum atomic E-state index is -2.12. The zero-order chi connectivity index (χ0) is 57.1. The molecule has 1 aromatic carbocycles. The van der Waals surface area contributed by atoms with E-state index in [2.05, 4.69) is 4.90 Å². The smallest absolute Gasteiger partial charge is 0.342 e. The minimum absolute atomic E-state index is 0.0291. The number of carbonyl (C=O) groups excluding carboxylic acids is 3. The molecule has 21 nitrogen and oxygen atoms in total. The van der Waals surface area contributed by atoms with Gasteiger partial charge in [0, 0.05) is 62.7 Å². The first-order chi connectivity index (χ1) is 36.1. The van der Waals surface area contributed by atoms with Crippen LogP contribution in [0.2, 0.25) is 0 Å². The van der Waals surface area contributed by atoms with Crippen LogP contribution in [0.1, 0.15) is 128 Å². The maximum atomic E-state index is 14.6. The molecule has 0 radical (unpaired) electrons. The molecule has 1 aromatic rings. The van der Waals surface area contributed by atoms with Gasteiger partial charge >= 0.3 is 17.9 Å². The van der Waals surface area contributed by atoms with E-state index in [0.717, 1.165) is 5.57 Å². The summed E-state index contributed by atoms with van der Waals surface area (Å²) in [5.41, 5.74) is -2.35. The van der Waals surface area contributed by atoms with Crippen molar-refractivity contribution in [1.82, 2.24) is 9.80 Å². The summed E-state index contributed by atoms with van der Waals surface area (Å²) < 4.78 is 61.8. The molecule has 21 heteroatoms. The van der Waals surface area contributed by atoms with Gasteiger partial charge in [0.1, 0.15) is 41.5 Å². The van der Waals surface area contributed by atoms with Gasteiger partial charge in [0.05, 0.1) is 74.5 Å². The number of aliphatic hydroxyl groups excluding tert-OH is 3. The third kappa shape index (κ3) is 14.0. The summed E-state index contributed by atoms with van der Waals surface area (Å²) >= 11 is 0. The van der Waals surface area contributed by atoms with E-state index in [1.807, 2.05) is 38.7 Å². The number of nitrogens with zero attached hydrogens (tertiary/aromatic N) is 2. The van der Waals surface area contributed by atoms with Crippen molar-refractivity contribution < 1.29 is 92.4 Å². The van der Waals surface area contributed by atoms with Gasteiger partial charge in [-0.3, -0.25) is 14.5 Å². The van der Waals surface area contributed by atoms with Crippen LogP contribution in [0.5, 0.6) is 11.5 Å². The summed E-state index contributed by atoms with van der Waals surface area (Å²) in [6, 6.07) is -1.14. The van der Waals surface area contributed by atoms with Crippen LogP contribution in [0, 0.1) is 24.7 Å². The van der Waals surface area contributed by atoms with Gasteiger partial charge in [0.15, 0.2) is 24.8 Å². The van der Waals surface area contributed by atoms with E-state index < -0.39 is 127 Å². The summed E-state index contributed by atoms with van der Waals surface area (Å²) in [4.78, 5) is 45.5. The molecule has 0 unspecified atom stereocenters. The number of phenols is 1. The Morgan fingerprint density at radius 1 is 0.922 bits per heavy atom. The Kier molecular flexibility index (Phi) is 21.1. The number of rotatable bonds is 14. The topological polar surface area (TPSA) is 271 Å². The second-order valence-electron chi connectivity index (χ2n) is 23.3. The number of morpholine rings is 1. The van der Waals surface area contributed by atoms with E-state index in [1.165, 1.54) is 21.1 Å². The molecule has 0 aliphatic carbocycles. The predicted molar refractivity (Wildman–Crippen MR) is 279 cm³/mol. The van der Waals surface area contributed by atoms with Crippen LogP contribution < -0.4 is 4.74 Å². The first kappa shape index (κ1) is 62.6. The number of esters is 3. The Bertz CT molecular complexity index is 2220. The number of benzene rings is 1. The normalized spacial score (nSPS) is 39.5. The number of cyclic esters (lactones) is 2. The molecule has 0 amide bonds. The lowest BCUT2D eigenvalue weighted by Gasteiger charge is -2.50. The second kappa shape index (κ2) is 25.9. The summed E-state index contributed by atoms with van der Waals surface area (Å²) in [6.45, 7) is 20.4. The second-order valence-corrected chi connectivity index (χ2v) is 23.3. The fraction of sp³-hybridized carbons (Fsp3) is 0.804. The maximum Gasteiger partial charge on any atom is 0.342 e. The van der Waals surface area contributed by atoms with Crippen molar-refractivity contribution in [3.05, 3.63) is 33.9 Å². The van der Waals surface area contributed by atoms with Crippen molar-refractivity contribution in [3.8, 4) is 11.5 Å². The number of likely N-dealkylation sites (N-methyl/N-ethyl adjacent to an activating group) is 1. The molecule has 0 aromatic heterocycles. The highest BCUT2D eigenvalue weighted by molar-refractivity contribution is 5.98. The van der Waals surface area contributed by atoms with Crippen molar-refractivity contribution in [2.75, 3.05) is 60.7 Å². The lowest BCUT2D eigenvalue weighted by molar-refractivity contribution is -0.320. The molecule has 4 fully saturated rings. The van der Waals surface area contributed by atoms with Gasteiger partial charge in [-0.1, -0.05) is 25.5 Å². The van der Waals surface area contributed by atoms with Crippen molar-refractivity contribution in [1.29, 1.82) is 0 Å². The number of carbonyl (C=O) groups is 3. The molecule has 4 saturated heterocycles. The average molecular weight is 1100 g/mol. The largest absolute Gasteiger partial charge is 0.507 e. The number of hydrogen-bond acceptors (Lipinski definition) is 21. The average Bonchev–Trinajstić information content (AvgIpc) is 3.79. The fourth-order valence-electron chi connectivity index (χ4n) is 12.3. The highest BCUT2D eigenvalue weighted by Gasteiger charge is 2.54. The summed E-state index contributed by atoms with van der Waals surface area (Å²) in [7, 11) is 4.74. The monoisotopic (exact) mass is 1090 g/mol. The Morgan fingerprint density at radius 3 is 2.23 bits per heavy atom. The lowest BCUT2D eigenvalue weighted by Crippen LogP contribution is -2.62. The first-order valence-electron chi connectivity index (χ1n) is 27.3. The number of hydrogen-bond donors (Lipinski definition) is 6. The van der Waals surface area contributed by atoms with E-state index in [4.69, 9.17) is 47.4 Å². The Labute approximate surface area is 454 Å².